The van der Waals surface area contributed by atoms with Crippen LogP contribution in [-0.2, 0) is 19.2 Å². The number of imide groups is 1. The lowest BCUT2D eigenvalue weighted by molar-refractivity contribution is -0.141. The number of rotatable bonds is 5. The summed E-state index contributed by atoms with van der Waals surface area (Å²) in [5, 5.41) is 2.78. The highest BCUT2D eigenvalue weighted by Gasteiger charge is 2.45. The Morgan fingerprint density at radius 1 is 1.00 bits per heavy atom. The van der Waals surface area contributed by atoms with Gasteiger partial charge in [0.05, 0.1) is 12.5 Å². The lowest BCUT2D eigenvalue weighted by Gasteiger charge is -2.31. The van der Waals surface area contributed by atoms with Crippen LogP contribution in [0.4, 0.5) is 0 Å². The molecule has 1 saturated carbocycles. The van der Waals surface area contributed by atoms with Crippen molar-refractivity contribution >= 4 is 23.5 Å². The highest BCUT2D eigenvalue weighted by molar-refractivity contribution is 6.03. The molecule has 28 heavy (non-hydrogen) atoms. The summed E-state index contributed by atoms with van der Waals surface area (Å²) in [5.41, 5.74) is -0.660. The van der Waals surface area contributed by atoms with E-state index in [-0.39, 0.29) is 53.2 Å². The van der Waals surface area contributed by atoms with Crippen molar-refractivity contribution in [1.29, 1.82) is 0 Å². The van der Waals surface area contributed by atoms with Crippen molar-refractivity contribution in [2.45, 2.75) is 73.6 Å². The van der Waals surface area contributed by atoms with E-state index in [1.165, 1.54) is 4.90 Å². The Hall–Kier alpha value is -1.72. The molecule has 0 bridgehead atoms. The Bertz CT molecular complexity index is 634. The maximum Gasteiger partial charge on any atom is 0.233 e. The van der Waals surface area contributed by atoms with Crippen LogP contribution in [0.3, 0.4) is 0 Å². The molecule has 6 heteroatoms. The van der Waals surface area contributed by atoms with Crippen LogP contribution in [0.2, 0.25) is 0 Å². The Balaban J connectivity index is 1.81. The predicted molar refractivity (Wildman–Crippen MR) is 107 cm³/mol. The molecule has 1 N–H and O–H groups in total. The average Bonchev–Trinajstić information content (AvgIpc) is 2.87. The number of nitrogens with zero attached hydrogens (tertiary/aromatic N) is 1. The van der Waals surface area contributed by atoms with Crippen molar-refractivity contribution in [2.75, 3.05) is 13.1 Å². The number of likely N-dealkylation sites (tertiary alicyclic amines) is 1. The second kappa shape index (κ2) is 8.34. The maximum atomic E-state index is 12.6. The maximum absolute atomic E-state index is 12.6. The minimum Gasteiger partial charge on any atom is -0.349 e. The van der Waals surface area contributed by atoms with Crippen LogP contribution in [0, 0.1) is 28.6 Å². The summed E-state index contributed by atoms with van der Waals surface area (Å²) >= 11 is 0. The van der Waals surface area contributed by atoms with Crippen molar-refractivity contribution in [1.82, 2.24) is 10.2 Å². The van der Waals surface area contributed by atoms with E-state index >= 15 is 0 Å². The molecule has 6 nitrogen and oxygen atoms in total. The molecule has 1 heterocycles. The number of ketones is 1. The third kappa shape index (κ3) is 5.42. The molecule has 2 aliphatic rings. The molecule has 1 saturated heterocycles. The third-order valence-corrected chi connectivity index (χ3v) is 6.21. The second-order valence-electron chi connectivity index (χ2n) is 10.6. The van der Waals surface area contributed by atoms with Crippen LogP contribution >= 0.6 is 0 Å². The molecule has 1 aliphatic heterocycles. The SMILES string of the molecule is CC(C)(C)C(=O)CNC(=O)C1CCC(CN2C(=O)CC(C(C)(C)C)C2=O)CC1. The van der Waals surface area contributed by atoms with Crippen molar-refractivity contribution < 1.29 is 19.2 Å². The molecule has 2 fully saturated rings. The molecule has 1 aliphatic carbocycles. The zero-order valence-electron chi connectivity index (χ0n) is 18.3. The fourth-order valence-electron chi connectivity index (χ4n) is 3.99. The number of hydrogen-bond donors (Lipinski definition) is 1. The molecule has 0 aromatic carbocycles. The van der Waals surface area contributed by atoms with Gasteiger partial charge in [-0.1, -0.05) is 41.5 Å². The van der Waals surface area contributed by atoms with Gasteiger partial charge in [0.25, 0.3) is 0 Å². The largest absolute Gasteiger partial charge is 0.349 e. The van der Waals surface area contributed by atoms with Gasteiger partial charge in [0.1, 0.15) is 0 Å². The van der Waals surface area contributed by atoms with E-state index in [4.69, 9.17) is 0 Å². The Labute approximate surface area is 168 Å². The number of amides is 3. The molecule has 0 aromatic rings. The van der Waals surface area contributed by atoms with Crippen LogP contribution in [0.5, 0.6) is 0 Å². The van der Waals surface area contributed by atoms with Crippen LogP contribution in [-0.4, -0.2) is 41.5 Å². The summed E-state index contributed by atoms with van der Waals surface area (Å²) in [6.07, 6.45) is 3.42. The van der Waals surface area contributed by atoms with E-state index in [9.17, 15) is 19.2 Å². The molecule has 2 rings (SSSR count). The number of nitrogens with one attached hydrogen (secondary N) is 1. The molecular formula is C22H36N2O4. The molecule has 3 amide bonds. The number of Topliss-reactive ketones (excluding diaryl/α,β-unsaturated/α-hetero) is 1. The van der Waals surface area contributed by atoms with Gasteiger partial charge >= 0.3 is 0 Å². The third-order valence-electron chi connectivity index (χ3n) is 6.21. The minimum absolute atomic E-state index is 0.0222. The zero-order chi connectivity index (χ0) is 21.3. The summed E-state index contributed by atoms with van der Waals surface area (Å²) < 4.78 is 0. The average molecular weight is 393 g/mol. The normalized spacial score (nSPS) is 26.5. The van der Waals surface area contributed by atoms with Gasteiger partial charge in [-0.2, -0.15) is 0 Å². The summed E-state index contributed by atoms with van der Waals surface area (Å²) in [6, 6.07) is 0. The van der Waals surface area contributed by atoms with Gasteiger partial charge in [0.15, 0.2) is 5.78 Å². The Kier molecular flexibility index (Phi) is 6.72. The Morgan fingerprint density at radius 2 is 1.57 bits per heavy atom. The van der Waals surface area contributed by atoms with Crippen LogP contribution in [0.15, 0.2) is 0 Å². The van der Waals surface area contributed by atoms with E-state index in [2.05, 4.69) is 5.32 Å². The van der Waals surface area contributed by atoms with Crippen molar-refractivity contribution in [3.05, 3.63) is 0 Å². The number of carbonyl (C=O) groups is 4. The van der Waals surface area contributed by atoms with Gasteiger partial charge in [0, 0.05) is 24.3 Å². The first-order valence-corrected chi connectivity index (χ1v) is 10.5. The van der Waals surface area contributed by atoms with Crippen molar-refractivity contribution in [3.8, 4) is 0 Å². The Morgan fingerprint density at radius 3 is 2.04 bits per heavy atom. The first kappa shape index (κ1) is 22.6. The van der Waals surface area contributed by atoms with Gasteiger partial charge in [-0.25, -0.2) is 0 Å². The molecule has 1 atom stereocenters. The van der Waals surface area contributed by atoms with Crippen LogP contribution in [0.1, 0.15) is 73.6 Å². The molecule has 0 spiro atoms. The fraction of sp³-hybridized carbons (Fsp3) is 0.818. The van der Waals surface area contributed by atoms with Gasteiger partial charge in [-0.15, -0.1) is 0 Å². The van der Waals surface area contributed by atoms with E-state index < -0.39 is 5.41 Å². The van der Waals surface area contributed by atoms with Crippen molar-refractivity contribution in [2.24, 2.45) is 28.6 Å². The molecular weight excluding hydrogens is 356 g/mol. The van der Waals surface area contributed by atoms with Gasteiger partial charge < -0.3 is 5.32 Å². The summed E-state index contributed by atoms with van der Waals surface area (Å²) in [6.45, 7) is 12.1. The summed E-state index contributed by atoms with van der Waals surface area (Å²) in [7, 11) is 0. The lowest BCUT2D eigenvalue weighted by atomic mass is 9.79. The fourth-order valence-corrected chi connectivity index (χ4v) is 3.99. The molecule has 158 valence electrons. The lowest BCUT2D eigenvalue weighted by Crippen LogP contribution is -2.41. The number of carbonyl (C=O) groups excluding carboxylic acids is 4. The van der Waals surface area contributed by atoms with E-state index in [1.54, 1.807) is 0 Å². The van der Waals surface area contributed by atoms with E-state index in [1.807, 2.05) is 41.5 Å². The monoisotopic (exact) mass is 392 g/mol. The van der Waals surface area contributed by atoms with E-state index in [0.29, 0.717) is 13.0 Å². The van der Waals surface area contributed by atoms with Gasteiger partial charge in [0.2, 0.25) is 17.7 Å². The number of hydrogen-bond acceptors (Lipinski definition) is 4. The highest BCUT2D eigenvalue weighted by Crippen LogP contribution is 2.37. The van der Waals surface area contributed by atoms with E-state index in [0.717, 1.165) is 25.7 Å². The quantitative estimate of drug-likeness (QED) is 0.729. The molecule has 0 aromatic heterocycles. The highest BCUT2D eigenvalue weighted by atomic mass is 16.2. The second-order valence-corrected chi connectivity index (χ2v) is 10.6. The first-order valence-electron chi connectivity index (χ1n) is 10.5. The topological polar surface area (TPSA) is 83.6 Å². The van der Waals surface area contributed by atoms with Crippen molar-refractivity contribution in [3.63, 3.8) is 0 Å². The predicted octanol–water partition coefficient (Wildman–Crippen LogP) is 2.95. The molecule has 0 radical (unpaired) electrons. The van der Waals surface area contributed by atoms with Gasteiger partial charge in [-0.3, -0.25) is 24.1 Å². The minimum atomic E-state index is -0.454. The summed E-state index contributed by atoms with van der Waals surface area (Å²) in [5.74, 6) is -0.208. The van der Waals surface area contributed by atoms with Crippen LogP contribution < -0.4 is 5.32 Å². The smallest absolute Gasteiger partial charge is 0.233 e. The zero-order valence-corrected chi connectivity index (χ0v) is 18.3. The van der Waals surface area contributed by atoms with Crippen LogP contribution in [0.25, 0.3) is 0 Å². The molecule has 1 unspecified atom stereocenters. The van der Waals surface area contributed by atoms with Gasteiger partial charge in [-0.05, 0) is 37.0 Å². The first-order chi connectivity index (χ1) is 12.8. The summed E-state index contributed by atoms with van der Waals surface area (Å²) in [4.78, 5) is 50.8. The standard InChI is InChI=1S/C22H36N2O4/c1-21(2,3)16-11-18(26)24(20(16)28)13-14-7-9-15(10-8-14)19(27)23-12-17(25)22(4,5)6/h14-16H,7-13H2,1-6H3,(H,23,27).